The molecule has 4 aromatic rings. The van der Waals surface area contributed by atoms with E-state index in [0.29, 0.717) is 17.0 Å². The molecule has 0 fully saturated rings. The average Bonchev–Trinajstić information content (AvgIpc) is 3.31. The first-order valence-corrected chi connectivity index (χ1v) is 11.6. The predicted molar refractivity (Wildman–Crippen MR) is 123 cm³/mol. The second-order valence-electron chi connectivity index (χ2n) is 7.65. The van der Waals surface area contributed by atoms with Crippen molar-refractivity contribution < 1.29 is 17.6 Å². The summed E-state index contributed by atoms with van der Waals surface area (Å²) in [6, 6.07) is 18.7. The van der Waals surface area contributed by atoms with Crippen molar-refractivity contribution in [3.63, 3.8) is 0 Å². The molecule has 1 amide bonds. The number of hydrogen-bond donors (Lipinski definition) is 2. The molecule has 8 heteroatoms. The van der Waals surface area contributed by atoms with Gasteiger partial charge in [-0.25, -0.2) is 13.1 Å². The van der Waals surface area contributed by atoms with Crippen molar-refractivity contribution in [2.24, 2.45) is 0 Å². The first kappa shape index (κ1) is 21.7. The van der Waals surface area contributed by atoms with E-state index in [1.54, 1.807) is 30.3 Å². The molecule has 0 aliphatic rings. The van der Waals surface area contributed by atoms with Gasteiger partial charge in [-0.05, 0) is 48.4 Å². The molecule has 4 rings (SSSR count). The zero-order chi connectivity index (χ0) is 22.7. The summed E-state index contributed by atoms with van der Waals surface area (Å²) in [5.74, 6) is 0.326. The summed E-state index contributed by atoms with van der Waals surface area (Å²) in [4.78, 5) is 17.8. The zero-order valence-electron chi connectivity index (χ0n) is 17.7. The Balaban J connectivity index is 1.59. The summed E-state index contributed by atoms with van der Waals surface area (Å²) in [5.41, 5.74) is 2.42. The van der Waals surface area contributed by atoms with E-state index in [4.69, 9.17) is 4.42 Å². The fraction of sp³-hybridized carbons (Fsp3) is 0.167. The highest BCUT2D eigenvalue weighted by Gasteiger charge is 2.18. The van der Waals surface area contributed by atoms with E-state index >= 15 is 0 Å². The highest BCUT2D eigenvalue weighted by atomic mass is 32.2. The minimum atomic E-state index is -3.78. The van der Waals surface area contributed by atoms with E-state index in [-0.39, 0.29) is 23.3 Å². The first-order valence-electron chi connectivity index (χ1n) is 10.2. The Morgan fingerprint density at radius 3 is 2.59 bits per heavy atom. The maximum Gasteiger partial charge on any atom is 0.256 e. The van der Waals surface area contributed by atoms with Crippen LogP contribution >= 0.6 is 0 Å². The summed E-state index contributed by atoms with van der Waals surface area (Å²) in [6.45, 7) is 4.07. The van der Waals surface area contributed by atoms with Crippen molar-refractivity contribution in [2.75, 3.05) is 5.32 Å². The predicted octanol–water partition coefficient (Wildman–Crippen LogP) is 4.68. The number of aromatic nitrogens is 1. The number of nitrogens with zero attached hydrogens (tertiary/aromatic N) is 1. The Bertz CT molecular complexity index is 1360. The zero-order valence-corrected chi connectivity index (χ0v) is 18.5. The molecule has 0 atom stereocenters. The first-order chi connectivity index (χ1) is 15.3. The summed E-state index contributed by atoms with van der Waals surface area (Å²) < 4.78 is 33.0. The lowest BCUT2D eigenvalue weighted by Crippen LogP contribution is -2.23. The number of para-hydroxylation sites is 1. The van der Waals surface area contributed by atoms with Gasteiger partial charge in [0.25, 0.3) is 5.91 Å². The van der Waals surface area contributed by atoms with Gasteiger partial charge in [0.2, 0.25) is 10.0 Å². The number of furan rings is 1. The Kier molecular flexibility index (Phi) is 6.07. The second-order valence-corrected chi connectivity index (χ2v) is 9.42. The fourth-order valence-electron chi connectivity index (χ4n) is 3.28. The molecule has 0 bridgehead atoms. The number of benzene rings is 2. The topological polar surface area (TPSA) is 101 Å². The normalized spacial score (nSPS) is 11.7. The highest BCUT2D eigenvalue weighted by Crippen LogP contribution is 2.24. The van der Waals surface area contributed by atoms with Crippen molar-refractivity contribution >= 4 is 32.5 Å². The standard InChI is InChI=1S/C24H23N3O4S/c1-16(2)23-14-21(20-10-3-4-11-22(20)27-23)24(28)26-17-7-5-9-19(13-17)32(29,30)25-15-18-8-6-12-31-18/h3-14,16,25H,15H2,1-2H3,(H,26,28). The van der Waals surface area contributed by atoms with E-state index < -0.39 is 10.0 Å². The van der Waals surface area contributed by atoms with Crippen LogP contribution in [-0.4, -0.2) is 19.3 Å². The van der Waals surface area contributed by atoms with Gasteiger partial charge in [0.05, 0.1) is 28.8 Å². The number of pyridine rings is 1. The minimum absolute atomic E-state index is 0.0346. The molecule has 2 N–H and O–H groups in total. The van der Waals surface area contributed by atoms with Crippen molar-refractivity contribution in [3.8, 4) is 0 Å². The maximum atomic E-state index is 13.1. The van der Waals surface area contributed by atoms with E-state index in [1.807, 2.05) is 38.1 Å². The molecule has 2 aromatic heterocycles. The van der Waals surface area contributed by atoms with Gasteiger partial charge in [0.1, 0.15) is 5.76 Å². The molecule has 2 aromatic carbocycles. The van der Waals surface area contributed by atoms with E-state index in [9.17, 15) is 13.2 Å². The number of carbonyl (C=O) groups excluding carboxylic acids is 1. The molecule has 0 radical (unpaired) electrons. The molecular weight excluding hydrogens is 426 g/mol. The van der Waals surface area contributed by atoms with Crippen LogP contribution < -0.4 is 10.0 Å². The van der Waals surface area contributed by atoms with Crippen molar-refractivity contribution in [3.05, 3.63) is 90.0 Å². The van der Waals surface area contributed by atoms with Gasteiger partial charge in [-0.15, -0.1) is 0 Å². The number of rotatable bonds is 7. The van der Waals surface area contributed by atoms with Crippen LogP contribution in [0.2, 0.25) is 0 Å². The van der Waals surface area contributed by atoms with E-state index in [0.717, 1.165) is 16.6 Å². The monoisotopic (exact) mass is 449 g/mol. The lowest BCUT2D eigenvalue weighted by Gasteiger charge is -2.13. The number of nitrogens with one attached hydrogen (secondary N) is 2. The van der Waals surface area contributed by atoms with Crippen LogP contribution in [0.1, 0.15) is 41.6 Å². The fourth-order valence-corrected chi connectivity index (χ4v) is 4.32. The summed E-state index contributed by atoms with van der Waals surface area (Å²) >= 11 is 0. The third-order valence-electron chi connectivity index (χ3n) is 4.99. The molecular formula is C24H23N3O4S. The number of fused-ring (bicyclic) bond motifs is 1. The Labute approximate surface area is 186 Å². The molecule has 164 valence electrons. The molecule has 32 heavy (non-hydrogen) atoms. The smallest absolute Gasteiger partial charge is 0.256 e. The molecule has 0 aliphatic carbocycles. The van der Waals surface area contributed by atoms with Gasteiger partial charge in [-0.2, -0.15) is 0 Å². The Morgan fingerprint density at radius 1 is 1.03 bits per heavy atom. The molecule has 0 unspecified atom stereocenters. The van der Waals surface area contributed by atoms with E-state index in [1.165, 1.54) is 18.4 Å². The summed E-state index contributed by atoms with van der Waals surface area (Å²) in [7, 11) is -3.78. The third-order valence-corrected chi connectivity index (χ3v) is 6.39. The Morgan fingerprint density at radius 2 is 1.84 bits per heavy atom. The lowest BCUT2D eigenvalue weighted by atomic mass is 10.0. The number of sulfonamides is 1. The van der Waals surface area contributed by atoms with Gasteiger partial charge in [-0.1, -0.05) is 38.1 Å². The summed E-state index contributed by atoms with van der Waals surface area (Å²) in [6.07, 6.45) is 1.48. The van der Waals surface area contributed by atoms with Crippen LogP contribution in [0.4, 0.5) is 5.69 Å². The van der Waals surface area contributed by atoms with Crippen LogP contribution in [0.3, 0.4) is 0 Å². The highest BCUT2D eigenvalue weighted by molar-refractivity contribution is 7.89. The lowest BCUT2D eigenvalue weighted by molar-refractivity contribution is 0.102. The quantitative estimate of drug-likeness (QED) is 0.427. The van der Waals surface area contributed by atoms with Crippen LogP contribution in [0.25, 0.3) is 10.9 Å². The number of carbonyl (C=O) groups is 1. The number of amides is 1. The van der Waals surface area contributed by atoms with Crippen LogP contribution in [0.15, 0.2) is 82.3 Å². The largest absolute Gasteiger partial charge is 0.468 e. The Hall–Kier alpha value is -3.49. The van der Waals surface area contributed by atoms with Gasteiger partial charge in [0, 0.05) is 16.8 Å². The number of hydrogen-bond acceptors (Lipinski definition) is 5. The third kappa shape index (κ3) is 4.71. The second kappa shape index (κ2) is 8.94. The number of anilines is 1. The average molecular weight is 450 g/mol. The molecule has 0 spiro atoms. The van der Waals surface area contributed by atoms with Gasteiger partial charge in [0.15, 0.2) is 0 Å². The van der Waals surface area contributed by atoms with Gasteiger partial charge < -0.3 is 9.73 Å². The van der Waals surface area contributed by atoms with Crippen LogP contribution in [-0.2, 0) is 16.6 Å². The molecule has 0 aliphatic heterocycles. The summed E-state index contributed by atoms with van der Waals surface area (Å²) in [5, 5.41) is 3.56. The van der Waals surface area contributed by atoms with Gasteiger partial charge >= 0.3 is 0 Å². The van der Waals surface area contributed by atoms with Crippen molar-refractivity contribution in [1.82, 2.24) is 9.71 Å². The molecule has 0 saturated carbocycles. The van der Waals surface area contributed by atoms with E-state index in [2.05, 4.69) is 15.0 Å². The van der Waals surface area contributed by atoms with Crippen molar-refractivity contribution in [2.45, 2.75) is 31.2 Å². The molecule has 7 nitrogen and oxygen atoms in total. The maximum absolute atomic E-state index is 13.1. The van der Waals surface area contributed by atoms with Crippen LogP contribution in [0.5, 0.6) is 0 Å². The molecule has 2 heterocycles. The van der Waals surface area contributed by atoms with Crippen LogP contribution in [0, 0.1) is 0 Å². The molecule has 0 saturated heterocycles. The minimum Gasteiger partial charge on any atom is -0.468 e. The SMILES string of the molecule is CC(C)c1cc(C(=O)Nc2cccc(S(=O)(=O)NCc3ccco3)c2)c2ccccc2n1. The van der Waals surface area contributed by atoms with Gasteiger partial charge in [-0.3, -0.25) is 9.78 Å². The van der Waals surface area contributed by atoms with Crippen molar-refractivity contribution in [1.29, 1.82) is 0 Å².